The Morgan fingerprint density at radius 1 is 1.03 bits per heavy atom. The molecular weight excluding hydrogens is 446 g/mol. The molecule has 7 heteroatoms. The van der Waals surface area contributed by atoms with Crippen LogP contribution in [0.1, 0.15) is 27.2 Å². The van der Waals surface area contributed by atoms with E-state index in [1.807, 2.05) is 84.4 Å². The highest BCUT2D eigenvalue weighted by molar-refractivity contribution is 7.13. The number of hydrogen-bond donors (Lipinski definition) is 1. The average molecular weight is 468 g/mol. The summed E-state index contributed by atoms with van der Waals surface area (Å²) < 4.78 is 12.8. The zero-order valence-corrected chi connectivity index (χ0v) is 19.5. The zero-order valence-electron chi connectivity index (χ0n) is 18.7. The molecule has 168 valence electrons. The van der Waals surface area contributed by atoms with Crippen molar-refractivity contribution in [2.45, 2.75) is 13.8 Å². The minimum atomic E-state index is -0.111. The van der Waals surface area contributed by atoms with Crippen LogP contribution in [-0.4, -0.2) is 22.0 Å². The van der Waals surface area contributed by atoms with Crippen molar-refractivity contribution in [2.24, 2.45) is 0 Å². The number of carbonyl (C=O) groups is 1. The van der Waals surface area contributed by atoms with Gasteiger partial charge in [0, 0.05) is 22.7 Å². The second-order valence-electron chi connectivity index (χ2n) is 8.33. The highest BCUT2D eigenvalue weighted by Crippen LogP contribution is 2.41. The number of nitrogens with two attached hydrogens (primary N) is 1. The van der Waals surface area contributed by atoms with Gasteiger partial charge in [-0.05, 0) is 61.4 Å². The van der Waals surface area contributed by atoms with E-state index in [1.165, 1.54) is 11.3 Å². The minimum Gasteiger partial charge on any atom is -0.454 e. The van der Waals surface area contributed by atoms with Gasteiger partial charge in [0.25, 0.3) is 0 Å². The molecule has 1 aliphatic heterocycles. The lowest BCUT2D eigenvalue weighted by Crippen LogP contribution is -2.08. The van der Waals surface area contributed by atoms with Crippen molar-refractivity contribution in [1.29, 1.82) is 0 Å². The van der Waals surface area contributed by atoms with Gasteiger partial charge < -0.3 is 19.6 Å². The summed E-state index contributed by atoms with van der Waals surface area (Å²) in [5.41, 5.74) is 13.7. The van der Waals surface area contributed by atoms with Crippen LogP contribution in [0.5, 0.6) is 11.5 Å². The number of fused-ring (bicyclic) bond motifs is 2. The van der Waals surface area contributed by atoms with E-state index in [1.54, 1.807) is 0 Å². The number of thiazole rings is 1. The normalized spacial score (nSPS) is 12.4. The van der Waals surface area contributed by atoms with Gasteiger partial charge in [-0.25, -0.2) is 4.98 Å². The lowest BCUT2D eigenvalue weighted by atomic mass is 10.0. The van der Waals surface area contributed by atoms with E-state index in [2.05, 4.69) is 0 Å². The summed E-state index contributed by atoms with van der Waals surface area (Å²) in [5, 5.41) is 2.75. The molecule has 0 atom stereocenters. The predicted molar refractivity (Wildman–Crippen MR) is 134 cm³/mol. The summed E-state index contributed by atoms with van der Waals surface area (Å²) in [7, 11) is 0. The Balaban J connectivity index is 1.47. The number of ether oxygens (including phenoxy) is 2. The number of ketones is 1. The molecule has 2 aromatic carbocycles. The number of pyridine rings is 1. The second kappa shape index (κ2) is 7.74. The fourth-order valence-corrected chi connectivity index (χ4v) is 5.18. The van der Waals surface area contributed by atoms with Crippen molar-refractivity contribution in [1.82, 2.24) is 9.38 Å². The van der Waals surface area contributed by atoms with Crippen LogP contribution >= 0.6 is 11.3 Å². The van der Waals surface area contributed by atoms with E-state index in [9.17, 15) is 4.79 Å². The molecule has 0 unspecified atom stereocenters. The van der Waals surface area contributed by atoms with Crippen molar-refractivity contribution >= 4 is 28.3 Å². The van der Waals surface area contributed by atoms with Crippen molar-refractivity contribution in [3.05, 3.63) is 88.6 Å². The van der Waals surface area contributed by atoms with E-state index < -0.39 is 0 Å². The summed E-state index contributed by atoms with van der Waals surface area (Å²) >= 11 is 1.50. The Hall–Kier alpha value is -4.10. The smallest absolute Gasteiger partial charge is 0.231 e. The number of carbonyl (C=O) groups excluding carboxylic acids is 1. The molecule has 4 heterocycles. The summed E-state index contributed by atoms with van der Waals surface area (Å²) in [4.78, 5) is 18.5. The molecule has 0 aliphatic carbocycles. The maximum absolute atomic E-state index is 13.6. The van der Waals surface area contributed by atoms with Crippen LogP contribution in [0, 0.1) is 13.8 Å². The first-order valence-electron chi connectivity index (χ1n) is 10.9. The molecule has 0 bridgehead atoms. The molecule has 6 nitrogen and oxygen atoms in total. The van der Waals surface area contributed by atoms with Gasteiger partial charge in [-0.3, -0.25) is 4.79 Å². The SMILES string of the molecule is Cc1ccc(C(=O)c2c(N)c(-c3nc(-c4ccc5c(c4)OCO5)cs3)c3ccccn23)cc1C. The highest BCUT2D eigenvalue weighted by atomic mass is 32.1. The van der Waals surface area contributed by atoms with Gasteiger partial charge in [-0.2, -0.15) is 0 Å². The van der Waals surface area contributed by atoms with Crippen molar-refractivity contribution in [3.63, 3.8) is 0 Å². The second-order valence-corrected chi connectivity index (χ2v) is 9.19. The third-order valence-electron chi connectivity index (χ3n) is 6.25. The minimum absolute atomic E-state index is 0.111. The maximum Gasteiger partial charge on any atom is 0.231 e. The molecule has 2 N–H and O–H groups in total. The zero-order chi connectivity index (χ0) is 23.4. The van der Waals surface area contributed by atoms with Gasteiger partial charge in [0.15, 0.2) is 11.5 Å². The van der Waals surface area contributed by atoms with Crippen LogP contribution in [0.4, 0.5) is 5.69 Å². The molecule has 5 aromatic rings. The van der Waals surface area contributed by atoms with E-state index in [0.717, 1.165) is 44.2 Å². The Morgan fingerprint density at radius 2 is 1.88 bits per heavy atom. The Labute approximate surface area is 200 Å². The van der Waals surface area contributed by atoms with Gasteiger partial charge in [-0.1, -0.05) is 18.2 Å². The van der Waals surface area contributed by atoms with Crippen molar-refractivity contribution in [2.75, 3.05) is 12.5 Å². The van der Waals surface area contributed by atoms with Crippen molar-refractivity contribution < 1.29 is 14.3 Å². The Morgan fingerprint density at radius 3 is 2.74 bits per heavy atom. The molecular formula is C27H21N3O3S. The van der Waals surface area contributed by atoms with Gasteiger partial charge in [0.05, 0.1) is 22.5 Å². The van der Waals surface area contributed by atoms with Gasteiger partial charge >= 0.3 is 0 Å². The molecule has 0 amide bonds. The first-order valence-corrected chi connectivity index (χ1v) is 11.8. The van der Waals surface area contributed by atoms with Gasteiger partial charge in [0.1, 0.15) is 10.7 Å². The van der Waals surface area contributed by atoms with E-state index in [-0.39, 0.29) is 12.6 Å². The first kappa shape index (κ1) is 20.5. The van der Waals surface area contributed by atoms with Crippen LogP contribution in [0.15, 0.2) is 66.2 Å². The maximum atomic E-state index is 13.6. The number of benzene rings is 2. The van der Waals surface area contributed by atoms with E-state index >= 15 is 0 Å². The third-order valence-corrected chi connectivity index (χ3v) is 7.11. The molecule has 0 saturated carbocycles. The number of aromatic nitrogens is 2. The van der Waals surface area contributed by atoms with E-state index in [4.69, 9.17) is 20.2 Å². The van der Waals surface area contributed by atoms with Crippen molar-refractivity contribution in [3.8, 4) is 33.3 Å². The summed E-state index contributed by atoms with van der Waals surface area (Å²) in [6, 6.07) is 17.3. The topological polar surface area (TPSA) is 78.9 Å². The molecule has 6 rings (SSSR count). The molecule has 34 heavy (non-hydrogen) atoms. The molecule has 0 fully saturated rings. The van der Waals surface area contributed by atoms with Crippen LogP contribution in [0.25, 0.3) is 27.3 Å². The lowest BCUT2D eigenvalue weighted by Gasteiger charge is -2.06. The number of hydrogen-bond acceptors (Lipinski definition) is 6. The molecule has 3 aromatic heterocycles. The number of nitrogens with zero attached hydrogens (tertiary/aromatic N) is 2. The van der Waals surface area contributed by atoms with Gasteiger partial charge in [0.2, 0.25) is 12.6 Å². The molecule has 0 radical (unpaired) electrons. The van der Waals surface area contributed by atoms with Crippen LogP contribution < -0.4 is 15.2 Å². The molecule has 0 spiro atoms. The summed E-state index contributed by atoms with van der Waals surface area (Å²) in [6.07, 6.45) is 1.87. The lowest BCUT2D eigenvalue weighted by molar-refractivity contribution is 0.103. The average Bonchev–Trinajstić information content (AvgIpc) is 3.56. The standard InChI is InChI=1S/C27H21N3O3S/c1-15-6-7-18(11-16(15)2)26(31)25-24(28)23(20-5-3-4-10-30(20)25)27-29-19(13-34-27)17-8-9-21-22(12-17)33-14-32-21/h3-13H,14,28H2,1-2H3. The fraction of sp³-hybridized carbons (Fsp3) is 0.111. The van der Waals surface area contributed by atoms with Gasteiger partial charge in [-0.15, -0.1) is 11.3 Å². The summed E-state index contributed by atoms with van der Waals surface area (Å²) in [5.74, 6) is 1.33. The van der Waals surface area contributed by atoms with Crippen LogP contribution in [-0.2, 0) is 0 Å². The quantitative estimate of drug-likeness (QED) is 0.334. The van der Waals surface area contributed by atoms with Crippen LogP contribution in [0.2, 0.25) is 0 Å². The fourth-order valence-electron chi connectivity index (χ4n) is 4.28. The number of rotatable bonds is 4. The Kier molecular flexibility index (Phi) is 4.67. The van der Waals surface area contributed by atoms with E-state index in [0.29, 0.717) is 22.7 Å². The molecule has 1 aliphatic rings. The first-order chi connectivity index (χ1) is 16.5. The summed E-state index contributed by atoms with van der Waals surface area (Å²) in [6.45, 7) is 4.26. The highest BCUT2D eigenvalue weighted by Gasteiger charge is 2.25. The third kappa shape index (κ3) is 3.16. The predicted octanol–water partition coefficient (Wildman–Crippen LogP) is 5.89. The number of aryl methyl sites for hydroxylation is 2. The Bertz CT molecular complexity index is 1600. The number of nitrogen functional groups attached to an aromatic ring is 1. The monoisotopic (exact) mass is 467 g/mol. The molecule has 0 saturated heterocycles. The number of anilines is 1. The largest absolute Gasteiger partial charge is 0.454 e. The van der Waals surface area contributed by atoms with Crippen LogP contribution in [0.3, 0.4) is 0 Å².